The third kappa shape index (κ3) is 5.87. The quantitative estimate of drug-likeness (QED) is 0.754. The fourth-order valence-electron chi connectivity index (χ4n) is 3.26. The van der Waals surface area contributed by atoms with E-state index in [1.165, 1.54) is 11.1 Å². The summed E-state index contributed by atoms with van der Waals surface area (Å²) in [4.78, 5) is 25.3. The summed E-state index contributed by atoms with van der Waals surface area (Å²) in [6, 6.07) is 8.15. The maximum Gasteiger partial charge on any atom is 0.312 e. The fourth-order valence-corrected chi connectivity index (χ4v) is 3.26. The molecule has 1 unspecified atom stereocenters. The summed E-state index contributed by atoms with van der Waals surface area (Å²) in [5.41, 5.74) is 7.74. The second kappa shape index (κ2) is 9.30. The zero-order valence-corrected chi connectivity index (χ0v) is 14.6. The summed E-state index contributed by atoms with van der Waals surface area (Å²) >= 11 is 0. The van der Waals surface area contributed by atoms with Gasteiger partial charge in [0.1, 0.15) is 0 Å². The number of benzene rings is 1. The number of nitrogens with two attached hydrogens (primary N) is 1. The molecule has 0 aromatic heterocycles. The number of primary amides is 1. The lowest BCUT2D eigenvalue weighted by atomic mass is 10.0. The predicted octanol–water partition coefficient (Wildman–Crippen LogP) is 2.76. The van der Waals surface area contributed by atoms with Gasteiger partial charge < -0.3 is 16.0 Å². The van der Waals surface area contributed by atoms with Crippen molar-refractivity contribution in [2.24, 2.45) is 5.73 Å². The van der Waals surface area contributed by atoms with Gasteiger partial charge in [-0.15, -0.1) is 0 Å². The highest BCUT2D eigenvalue weighted by Gasteiger charge is 2.26. The first-order valence-corrected chi connectivity index (χ1v) is 8.94. The van der Waals surface area contributed by atoms with Crippen molar-refractivity contribution in [1.29, 1.82) is 0 Å². The lowest BCUT2D eigenvalue weighted by Gasteiger charge is -2.36. The molecule has 1 heterocycles. The molecule has 132 valence electrons. The Hall–Kier alpha value is -2.04. The van der Waals surface area contributed by atoms with Crippen LogP contribution in [-0.4, -0.2) is 36.0 Å². The van der Waals surface area contributed by atoms with Crippen LogP contribution in [0.2, 0.25) is 0 Å². The Morgan fingerprint density at radius 1 is 1.21 bits per heavy atom. The molecule has 1 aliphatic heterocycles. The molecule has 1 aromatic rings. The van der Waals surface area contributed by atoms with Crippen LogP contribution in [0.4, 0.5) is 4.79 Å². The van der Waals surface area contributed by atoms with Gasteiger partial charge in [-0.2, -0.15) is 0 Å². The van der Waals surface area contributed by atoms with Crippen LogP contribution in [0.25, 0.3) is 0 Å². The standard InChI is InChI=1S/C19H29N3O2/c1-15-9-11-16(12-10-15)6-2-3-8-18(23)22-13-5-4-7-17(22)14-21-19(20)24/h9-12,17H,2-8,13-14H2,1H3,(H3,20,21,24). The Labute approximate surface area is 144 Å². The number of carbonyl (C=O) groups excluding carboxylic acids is 2. The van der Waals surface area contributed by atoms with Gasteiger partial charge in [0.05, 0.1) is 0 Å². The van der Waals surface area contributed by atoms with E-state index in [-0.39, 0.29) is 11.9 Å². The second-order valence-corrected chi connectivity index (χ2v) is 6.67. The highest BCUT2D eigenvalue weighted by atomic mass is 16.2. The van der Waals surface area contributed by atoms with Gasteiger partial charge in [-0.05, 0) is 51.0 Å². The molecule has 0 radical (unpaired) electrons. The molecule has 0 spiro atoms. The first-order chi connectivity index (χ1) is 11.6. The Morgan fingerprint density at radius 2 is 1.96 bits per heavy atom. The maximum atomic E-state index is 12.5. The van der Waals surface area contributed by atoms with Crippen molar-refractivity contribution in [3.8, 4) is 0 Å². The zero-order valence-electron chi connectivity index (χ0n) is 14.6. The van der Waals surface area contributed by atoms with E-state index in [1.54, 1.807) is 0 Å². The number of rotatable bonds is 7. The van der Waals surface area contributed by atoms with Crippen LogP contribution in [0.3, 0.4) is 0 Å². The van der Waals surface area contributed by atoms with E-state index < -0.39 is 6.03 Å². The predicted molar refractivity (Wildman–Crippen MR) is 95.7 cm³/mol. The van der Waals surface area contributed by atoms with Crippen LogP contribution in [0.5, 0.6) is 0 Å². The number of likely N-dealkylation sites (tertiary alicyclic amines) is 1. The van der Waals surface area contributed by atoms with E-state index in [9.17, 15) is 9.59 Å². The van der Waals surface area contributed by atoms with Gasteiger partial charge in [0.2, 0.25) is 5.91 Å². The number of urea groups is 1. The minimum Gasteiger partial charge on any atom is -0.352 e. The van der Waals surface area contributed by atoms with Crippen molar-refractivity contribution in [3.63, 3.8) is 0 Å². The summed E-state index contributed by atoms with van der Waals surface area (Å²) in [7, 11) is 0. The molecule has 1 aliphatic rings. The van der Waals surface area contributed by atoms with E-state index in [0.29, 0.717) is 13.0 Å². The lowest BCUT2D eigenvalue weighted by Crippen LogP contribution is -2.50. The van der Waals surface area contributed by atoms with Crippen molar-refractivity contribution in [3.05, 3.63) is 35.4 Å². The summed E-state index contributed by atoms with van der Waals surface area (Å²) in [5, 5.41) is 2.64. The van der Waals surface area contributed by atoms with Crippen LogP contribution in [-0.2, 0) is 11.2 Å². The van der Waals surface area contributed by atoms with Crippen LogP contribution in [0.1, 0.15) is 49.7 Å². The smallest absolute Gasteiger partial charge is 0.312 e. The van der Waals surface area contributed by atoms with E-state index in [1.807, 2.05) is 4.90 Å². The number of hydrogen-bond donors (Lipinski definition) is 2. The molecule has 1 aromatic carbocycles. The molecule has 3 amide bonds. The van der Waals surface area contributed by atoms with Gasteiger partial charge >= 0.3 is 6.03 Å². The summed E-state index contributed by atoms with van der Waals surface area (Å²) in [6.45, 7) is 3.34. The number of aryl methyl sites for hydroxylation is 2. The van der Waals surface area contributed by atoms with E-state index in [4.69, 9.17) is 5.73 Å². The van der Waals surface area contributed by atoms with Crippen molar-refractivity contribution in [2.75, 3.05) is 13.1 Å². The molecule has 1 saturated heterocycles. The number of carbonyl (C=O) groups is 2. The number of hydrogen-bond acceptors (Lipinski definition) is 2. The molecular weight excluding hydrogens is 302 g/mol. The Balaban J connectivity index is 1.73. The molecule has 5 heteroatoms. The van der Waals surface area contributed by atoms with Crippen LogP contribution in [0, 0.1) is 6.92 Å². The normalized spacial score (nSPS) is 17.5. The number of nitrogens with one attached hydrogen (secondary N) is 1. The number of unbranched alkanes of at least 4 members (excludes halogenated alkanes) is 1. The minimum atomic E-state index is -0.522. The molecule has 0 aliphatic carbocycles. The van der Waals surface area contributed by atoms with Crippen LogP contribution < -0.4 is 11.1 Å². The fraction of sp³-hybridized carbons (Fsp3) is 0.579. The second-order valence-electron chi connectivity index (χ2n) is 6.67. The Morgan fingerprint density at radius 3 is 2.67 bits per heavy atom. The first kappa shape index (κ1) is 18.3. The molecular formula is C19H29N3O2. The third-order valence-electron chi connectivity index (χ3n) is 4.69. The largest absolute Gasteiger partial charge is 0.352 e. The molecule has 1 atom stereocenters. The zero-order chi connectivity index (χ0) is 17.4. The molecule has 0 bridgehead atoms. The highest BCUT2D eigenvalue weighted by molar-refractivity contribution is 5.77. The summed E-state index contributed by atoms with van der Waals surface area (Å²) in [6.07, 6.45) is 6.60. The van der Waals surface area contributed by atoms with Crippen molar-refractivity contribution < 1.29 is 9.59 Å². The molecule has 3 N–H and O–H groups in total. The minimum absolute atomic E-state index is 0.0934. The average molecular weight is 331 g/mol. The lowest BCUT2D eigenvalue weighted by molar-refractivity contribution is -0.134. The van der Waals surface area contributed by atoms with Gasteiger partial charge in [-0.25, -0.2) is 4.79 Å². The van der Waals surface area contributed by atoms with Gasteiger partial charge in [0.15, 0.2) is 0 Å². The van der Waals surface area contributed by atoms with E-state index in [0.717, 1.165) is 45.1 Å². The Kier molecular flexibility index (Phi) is 7.09. The summed E-state index contributed by atoms with van der Waals surface area (Å²) in [5.74, 6) is 0.204. The third-order valence-corrected chi connectivity index (χ3v) is 4.69. The molecule has 1 fully saturated rings. The maximum absolute atomic E-state index is 12.5. The Bertz CT molecular complexity index is 542. The topological polar surface area (TPSA) is 75.4 Å². The van der Waals surface area contributed by atoms with Crippen LogP contribution in [0.15, 0.2) is 24.3 Å². The first-order valence-electron chi connectivity index (χ1n) is 8.94. The van der Waals surface area contributed by atoms with Crippen LogP contribution >= 0.6 is 0 Å². The van der Waals surface area contributed by atoms with E-state index >= 15 is 0 Å². The van der Waals surface area contributed by atoms with Crippen molar-refractivity contribution >= 4 is 11.9 Å². The number of piperidine rings is 1. The van der Waals surface area contributed by atoms with Crippen molar-refractivity contribution in [1.82, 2.24) is 10.2 Å². The van der Waals surface area contributed by atoms with Gasteiger partial charge in [-0.3, -0.25) is 4.79 Å². The average Bonchev–Trinajstić information content (AvgIpc) is 2.58. The number of nitrogens with zero attached hydrogens (tertiary/aromatic N) is 1. The van der Waals surface area contributed by atoms with Crippen molar-refractivity contribution in [2.45, 2.75) is 57.9 Å². The van der Waals surface area contributed by atoms with Gasteiger partial charge in [0.25, 0.3) is 0 Å². The molecule has 24 heavy (non-hydrogen) atoms. The number of amides is 3. The molecule has 0 saturated carbocycles. The SMILES string of the molecule is Cc1ccc(CCCCC(=O)N2CCCCC2CNC(N)=O)cc1. The van der Waals surface area contributed by atoms with Gasteiger partial charge in [0, 0.05) is 25.6 Å². The summed E-state index contributed by atoms with van der Waals surface area (Å²) < 4.78 is 0. The van der Waals surface area contributed by atoms with E-state index in [2.05, 4.69) is 36.5 Å². The molecule has 2 rings (SSSR count). The molecule has 5 nitrogen and oxygen atoms in total. The van der Waals surface area contributed by atoms with Gasteiger partial charge in [-0.1, -0.05) is 29.8 Å². The monoisotopic (exact) mass is 331 g/mol. The highest BCUT2D eigenvalue weighted by Crippen LogP contribution is 2.18.